The first-order chi connectivity index (χ1) is 16.6. The lowest BCUT2D eigenvalue weighted by atomic mass is 10.0. The van der Waals surface area contributed by atoms with Crippen molar-refractivity contribution in [2.24, 2.45) is 11.7 Å². The molecule has 0 unspecified atom stereocenters. The third kappa shape index (κ3) is 6.23. The standard InChI is InChI=1S/C23H28F3N7O2.CH4/c1-32-9-11-33(12-10-32)21(35)14-5-7-15(8-6-14)29-22-28-13-17(23(24,25)26)20(31-22)30-18-4-2-3-16(18)19(27)34;/h5-8,13,16,18H,2-4,9-12H2,1H3,(H2,27,34)(H2,28,29,30,31);1H4/t16-,18-;/m1./s1. The SMILES string of the molecule is C.CN1CCN(C(=O)c2ccc(Nc3ncc(C(F)(F)F)c(N[C@@H]4CCC[C@H]4C(N)=O)n3)cc2)CC1. The maximum atomic E-state index is 13.6. The molecule has 2 aliphatic rings. The highest BCUT2D eigenvalue weighted by Gasteiger charge is 2.38. The molecule has 12 heteroatoms. The Balaban J connectivity index is 0.00000361. The number of nitrogens with zero attached hydrogens (tertiary/aromatic N) is 4. The number of halogens is 3. The molecule has 196 valence electrons. The highest BCUT2D eigenvalue weighted by atomic mass is 19.4. The number of anilines is 3. The number of hydrogen-bond acceptors (Lipinski definition) is 7. The second-order valence-corrected chi connectivity index (χ2v) is 8.94. The number of hydrogen-bond donors (Lipinski definition) is 3. The van der Waals surface area contributed by atoms with Crippen LogP contribution in [0, 0.1) is 5.92 Å². The van der Waals surface area contributed by atoms with Crippen LogP contribution < -0.4 is 16.4 Å². The lowest BCUT2D eigenvalue weighted by molar-refractivity contribution is -0.137. The summed E-state index contributed by atoms with van der Waals surface area (Å²) < 4.78 is 40.7. The molecule has 4 rings (SSSR count). The zero-order valence-electron chi connectivity index (χ0n) is 19.3. The van der Waals surface area contributed by atoms with E-state index in [1.807, 2.05) is 7.05 Å². The molecule has 4 N–H and O–H groups in total. The van der Waals surface area contributed by atoms with Gasteiger partial charge in [-0.15, -0.1) is 0 Å². The molecule has 2 amide bonds. The first kappa shape index (κ1) is 27.2. The number of likely N-dealkylation sites (N-methyl/N-ethyl adjacent to an activating group) is 1. The van der Waals surface area contributed by atoms with Gasteiger partial charge in [0.1, 0.15) is 11.4 Å². The van der Waals surface area contributed by atoms with Gasteiger partial charge in [0.15, 0.2) is 0 Å². The predicted octanol–water partition coefficient (Wildman–Crippen LogP) is 3.33. The van der Waals surface area contributed by atoms with Gasteiger partial charge >= 0.3 is 6.18 Å². The fourth-order valence-electron chi connectivity index (χ4n) is 4.43. The molecule has 0 spiro atoms. The molecule has 1 aromatic carbocycles. The Hall–Kier alpha value is -3.41. The first-order valence-electron chi connectivity index (χ1n) is 11.5. The van der Waals surface area contributed by atoms with Crippen LogP contribution in [0.5, 0.6) is 0 Å². The van der Waals surface area contributed by atoms with Crippen LogP contribution in [-0.2, 0) is 11.0 Å². The van der Waals surface area contributed by atoms with E-state index >= 15 is 0 Å². The summed E-state index contributed by atoms with van der Waals surface area (Å²) in [6, 6.07) is 6.08. The molecule has 1 aliphatic carbocycles. The maximum absolute atomic E-state index is 13.6. The number of piperazine rings is 1. The minimum absolute atomic E-state index is 0. The fourth-order valence-corrected chi connectivity index (χ4v) is 4.43. The molecule has 1 saturated heterocycles. The molecule has 2 atom stereocenters. The number of benzene rings is 1. The van der Waals surface area contributed by atoms with Crippen molar-refractivity contribution in [2.75, 3.05) is 43.9 Å². The summed E-state index contributed by atoms with van der Waals surface area (Å²) in [5.74, 6) is -1.63. The van der Waals surface area contributed by atoms with Gasteiger partial charge in [0, 0.05) is 49.7 Å². The summed E-state index contributed by atoms with van der Waals surface area (Å²) in [5, 5.41) is 5.65. The van der Waals surface area contributed by atoms with Gasteiger partial charge in [-0.25, -0.2) is 4.98 Å². The molecule has 2 fully saturated rings. The van der Waals surface area contributed by atoms with Crippen molar-refractivity contribution < 1.29 is 22.8 Å². The van der Waals surface area contributed by atoms with Crippen LogP contribution in [0.3, 0.4) is 0 Å². The van der Waals surface area contributed by atoms with Gasteiger partial charge in [-0.2, -0.15) is 18.2 Å². The van der Waals surface area contributed by atoms with E-state index in [-0.39, 0.29) is 19.3 Å². The number of alkyl halides is 3. The van der Waals surface area contributed by atoms with E-state index in [0.717, 1.165) is 13.1 Å². The Morgan fingerprint density at radius 3 is 2.36 bits per heavy atom. The van der Waals surface area contributed by atoms with Crippen LogP contribution in [0.4, 0.5) is 30.6 Å². The van der Waals surface area contributed by atoms with Crippen molar-refractivity contribution in [2.45, 2.75) is 38.9 Å². The number of carbonyl (C=O) groups excluding carboxylic acids is 2. The number of nitrogens with one attached hydrogen (secondary N) is 2. The molecule has 2 heterocycles. The average molecular weight is 508 g/mol. The number of rotatable bonds is 6. The highest BCUT2D eigenvalue weighted by Crippen LogP contribution is 2.36. The summed E-state index contributed by atoms with van der Waals surface area (Å²) in [5.41, 5.74) is 5.43. The molecule has 1 aliphatic heterocycles. The van der Waals surface area contributed by atoms with E-state index < -0.39 is 35.4 Å². The normalized spacial score (nSPS) is 20.5. The van der Waals surface area contributed by atoms with Crippen LogP contribution in [0.15, 0.2) is 30.5 Å². The summed E-state index contributed by atoms with van der Waals surface area (Å²) in [4.78, 5) is 36.2. The summed E-state index contributed by atoms with van der Waals surface area (Å²) >= 11 is 0. The van der Waals surface area contributed by atoms with Gasteiger partial charge in [-0.05, 0) is 44.2 Å². The van der Waals surface area contributed by atoms with Crippen molar-refractivity contribution in [3.63, 3.8) is 0 Å². The van der Waals surface area contributed by atoms with Crippen LogP contribution >= 0.6 is 0 Å². The zero-order valence-corrected chi connectivity index (χ0v) is 19.3. The lowest BCUT2D eigenvalue weighted by Gasteiger charge is -2.32. The van der Waals surface area contributed by atoms with Crippen molar-refractivity contribution in [1.82, 2.24) is 19.8 Å². The van der Waals surface area contributed by atoms with E-state index in [2.05, 4.69) is 25.5 Å². The van der Waals surface area contributed by atoms with Gasteiger partial charge < -0.3 is 26.2 Å². The molecule has 0 bridgehead atoms. The number of carbonyl (C=O) groups is 2. The topological polar surface area (TPSA) is 116 Å². The van der Waals surface area contributed by atoms with E-state index in [1.54, 1.807) is 29.2 Å². The van der Waals surface area contributed by atoms with Crippen LogP contribution in [0.2, 0.25) is 0 Å². The molecule has 9 nitrogen and oxygen atoms in total. The first-order valence-corrected chi connectivity index (χ1v) is 11.5. The largest absolute Gasteiger partial charge is 0.421 e. The van der Waals surface area contributed by atoms with E-state index in [0.29, 0.717) is 49.8 Å². The predicted molar refractivity (Wildman–Crippen MR) is 131 cm³/mol. The monoisotopic (exact) mass is 507 g/mol. The van der Waals surface area contributed by atoms with E-state index in [9.17, 15) is 22.8 Å². The number of aromatic nitrogens is 2. The molecule has 36 heavy (non-hydrogen) atoms. The smallest absolute Gasteiger partial charge is 0.369 e. The number of primary amides is 1. The Bertz CT molecular complexity index is 1070. The second kappa shape index (κ2) is 11.1. The van der Waals surface area contributed by atoms with Crippen molar-refractivity contribution >= 4 is 29.3 Å². The summed E-state index contributed by atoms with van der Waals surface area (Å²) in [7, 11) is 2.01. The van der Waals surface area contributed by atoms with Gasteiger partial charge in [0.25, 0.3) is 5.91 Å². The van der Waals surface area contributed by atoms with E-state index in [1.165, 1.54) is 0 Å². The number of nitrogens with two attached hydrogens (primary N) is 1. The van der Waals surface area contributed by atoms with Gasteiger partial charge in [-0.1, -0.05) is 13.8 Å². The summed E-state index contributed by atoms with van der Waals surface area (Å²) in [6.07, 6.45) is -2.25. The van der Waals surface area contributed by atoms with E-state index in [4.69, 9.17) is 5.73 Å². The summed E-state index contributed by atoms with van der Waals surface area (Å²) in [6.45, 7) is 2.94. The van der Waals surface area contributed by atoms with Crippen LogP contribution in [-0.4, -0.2) is 70.9 Å². The van der Waals surface area contributed by atoms with Crippen molar-refractivity contribution in [3.8, 4) is 0 Å². The molecular weight excluding hydrogens is 475 g/mol. The van der Waals surface area contributed by atoms with Gasteiger partial charge in [0.2, 0.25) is 11.9 Å². The van der Waals surface area contributed by atoms with Crippen molar-refractivity contribution in [1.29, 1.82) is 0 Å². The fraction of sp³-hybridized carbons (Fsp3) is 0.500. The van der Waals surface area contributed by atoms with Gasteiger partial charge in [0.05, 0.1) is 5.92 Å². The molecule has 0 radical (unpaired) electrons. The Morgan fingerprint density at radius 1 is 1.08 bits per heavy atom. The quantitative estimate of drug-likeness (QED) is 0.549. The highest BCUT2D eigenvalue weighted by molar-refractivity contribution is 5.94. The third-order valence-electron chi connectivity index (χ3n) is 6.48. The average Bonchev–Trinajstić information content (AvgIpc) is 3.27. The zero-order chi connectivity index (χ0) is 25.2. The minimum Gasteiger partial charge on any atom is -0.369 e. The Kier molecular flexibility index (Phi) is 8.39. The van der Waals surface area contributed by atoms with Crippen LogP contribution in [0.1, 0.15) is 42.6 Å². The van der Waals surface area contributed by atoms with Crippen molar-refractivity contribution in [3.05, 3.63) is 41.6 Å². The second-order valence-electron chi connectivity index (χ2n) is 8.94. The van der Waals surface area contributed by atoms with Crippen LogP contribution in [0.25, 0.3) is 0 Å². The minimum atomic E-state index is -4.67. The third-order valence-corrected chi connectivity index (χ3v) is 6.48. The Morgan fingerprint density at radius 2 is 1.75 bits per heavy atom. The molecule has 1 saturated carbocycles. The molecular formula is C24H32F3N7O2. The molecule has 1 aromatic heterocycles. The lowest BCUT2D eigenvalue weighted by Crippen LogP contribution is -2.47. The maximum Gasteiger partial charge on any atom is 0.421 e. The van der Waals surface area contributed by atoms with Gasteiger partial charge in [-0.3, -0.25) is 9.59 Å². The number of amides is 2. The Labute approximate surface area is 208 Å². The molecule has 2 aromatic rings.